The molecule has 3 nitrogen and oxygen atoms in total. The normalized spacial score (nSPS) is 27.6. The number of nitrogens with zero attached hydrogens (tertiary/aromatic N) is 2. The monoisotopic (exact) mass is 266 g/mol. The average molecular weight is 266 g/mol. The van der Waals surface area contributed by atoms with Crippen LogP contribution in [0.1, 0.15) is 55.7 Å². The lowest BCUT2D eigenvalue weighted by molar-refractivity contribution is 0.153. The average Bonchev–Trinajstić information content (AvgIpc) is 2.96. The van der Waals surface area contributed by atoms with Crippen LogP contribution >= 0.6 is 11.3 Å². The van der Waals surface area contributed by atoms with E-state index in [1.807, 2.05) is 11.3 Å². The van der Waals surface area contributed by atoms with Crippen LogP contribution in [0.3, 0.4) is 0 Å². The molecule has 4 heteroatoms. The van der Waals surface area contributed by atoms with Crippen molar-refractivity contribution in [1.29, 1.82) is 0 Å². The number of aliphatic hydroxyl groups is 1. The van der Waals surface area contributed by atoms with Crippen molar-refractivity contribution >= 4 is 16.5 Å². The van der Waals surface area contributed by atoms with Gasteiger partial charge in [0, 0.05) is 18.0 Å². The summed E-state index contributed by atoms with van der Waals surface area (Å²) in [7, 11) is 0. The first kappa shape index (κ1) is 12.4. The molecule has 3 rings (SSSR count). The van der Waals surface area contributed by atoms with Gasteiger partial charge in [-0.05, 0) is 38.0 Å². The van der Waals surface area contributed by atoms with Gasteiger partial charge in [-0.2, -0.15) is 0 Å². The summed E-state index contributed by atoms with van der Waals surface area (Å²) in [6.45, 7) is 4.57. The quantitative estimate of drug-likeness (QED) is 0.913. The molecule has 2 heterocycles. The Morgan fingerprint density at radius 3 is 3.11 bits per heavy atom. The Kier molecular flexibility index (Phi) is 3.57. The molecule has 2 atom stereocenters. The van der Waals surface area contributed by atoms with Crippen molar-refractivity contribution in [2.75, 3.05) is 18.0 Å². The van der Waals surface area contributed by atoms with Crippen molar-refractivity contribution in [3.05, 3.63) is 10.6 Å². The van der Waals surface area contributed by atoms with E-state index in [0.717, 1.165) is 49.1 Å². The fourth-order valence-corrected chi connectivity index (χ4v) is 4.36. The molecule has 1 aromatic heterocycles. The zero-order chi connectivity index (χ0) is 12.5. The smallest absolute Gasteiger partial charge is 0.185 e. The lowest BCUT2D eigenvalue weighted by atomic mass is 10.0. The summed E-state index contributed by atoms with van der Waals surface area (Å²) >= 11 is 1.81. The van der Waals surface area contributed by atoms with Gasteiger partial charge in [-0.25, -0.2) is 4.98 Å². The lowest BCUT2D eigenvalue weighted by Crippen LogP contribution is -2.19. The Hall–Kier alpha value is -0.610. The topological polar surface area (TPSA) is 36.4 Å². The highest BCUT2D eigenvalue weighted by atomic mass is 32.1. The summed E-state index contributed by atoms with van der Waals surface area (Å²) in [5.41, 5.74) is 0.972. The molecule has 1 fully saturated rings. The van der Waals surface area contributed by atoms with E-state index in [1.165, 1.54) is 24.1 Å². The molecule has 1 aliphatic heterocycles. The van der Waals surface area contributed by atoms with Crippen LogP contribution in [0.5, 0.6) is 0 Å². The van der Waals surface area contributed by atoms with Crippen molar-refractivity contribution in [2.24, 2.45) is 5.92 Å². The van der Waals surface area contributed by atoms with E-state index in [-0.39, 0.29) is 6.10 Å². The van der Waals surface area contributed by atoms with Crippen LogP contribution in [0.4, 0.5) is 5.13 Å². The highest BCUT2D eigenvalue weighted by Crippen LogP contribution is 2.38. The highest BCUT2D eigenvalue weighted by molar-refractivity contribution is 7.15. The molecule has 2 unspecified atom stereocenters. The van der Waals surface area contributed by atoms with Crippen molar-refractivity contribution in [3.63, 3.8) is 0 Å². The number of aryl methyl sites for hydroxylation is 1. The molecule has 0 radical (unpaired) electrons. The van der Waals surface area contributed by atoms with Crippen LogP contribution in [0, 0.1) is 5.92 Å². The Labute approximate surface area is 113 Å². The van der Waals surface area contributed by atoms with Gasteiger partial charge in [0.05, 0.1) is 11.8 Å². The molecule has 2 aliphatic rings. The van der Waals surface area contributed by atoms with Crippen LogP contribution in [-0.2, 0) is 6.42 Å². The second kappa shape index (κ2) is 5.17. The van der Waals surface area contributed by atoms with Crippen molar-refractivity contribution in [1.82, 2.24) is 4.98 Å². The molecule has 100 valence electrons. The van der Waals surface area contributed by atoms with E-state index in [4.69, 9.17) is 4.98 Å². The molecule has 0 aromatic carbocycles. The van der Waals surface area contributed by atoms with E-state index in [2.05, 4.69) is 11.8 Å². The summed E-state index contributed by atoms with van der Waals surface area (Å²) in [4.78, 5) is 8.45. The SMILES string of the molecule is CCCC1CCN(c2nc3c(s2)CCCC3O)C1. The van der Waals surface area contributed by atoms with Crippen LogP contribution in [-0.4, -0.2) is 23.2 Å². The van der Waals surface area contributed by atoms with Gasteiger partial charge >= 0.3 is 0 Å². The number of thiazole rings is 1. The minimum atomic E-state index is -0.312. The van der Waals surface area contributed by atoms with E-state index < -0.39 is 0 Å². The minimum absolute atomic E-state index is 0.312. The number of hydrogen-bond donors (Lipinski definition) is 1. The predicted molar refractivity (Wildman–Crippen MR) is 75.2 cm³/mol. The van der Waals surface area contributed by atoms with Gasteiger partial charge in [-0.1, -0.05) is 13.3 Å². The van der Waals surface area contributed by atoms with Crippen molar-refractivity contribution in [3.8, 4) is 0 Å². The molecule has 1 N–H and O–H groups in total. The highest BCUT2D eigenvalue weighted by Gasteiger charge is 2.28. The van der Waals surface area contributed by atoms with Crippen LogP contribution < -0.4 is 4.90 Å². The third kappa shape index (κ3) is 2.28. The lowest BCUT2D eigenvalue weighted by Gasteiger charge is -2.15. The third-order valence-corrected chi connectivity index (χ3v) is 5.36. The van der Waals surface area contributed by atoms with Crippen LogP contribution in [0.25, 0.3) is 0 Å². The number of aliphatic hydroxyl groups excluding tert-OH is 1. The van der Waals surface area contributed by atoms with Gasteiger partial charge in [0.1, 0.15) is 0 Å². The van der Waals surface area contributed by atoms with Gasteiger partial charge in [0.15, 0.2) is 5.13 Å². The maximum Gasteiger partial charge on any atom is 0.185 e. The summed E-state index contributed by atoms with van der Waals surface area (Å²) in [6.07, 6.45) is 6.71. The first-order valence-electron chi connectivity index (χ1n) is 7.20. The largest absolute Gasteiger partial charge is 0.387 e. The zero-order valence-corrected chi connectivity index (χ0v) is 11.9. The number of rotatable bonds is 3. The molecule has 1 saturated heterocycles. The Morgan fingerprint density at radius 2 is 2.33 bits per heavy atom. The van der Waals surface area contributed by atoms with Crippen LogP contribution in [0.2, 0.25) is 0 Å². The third-order valence-electron chi connectivity index (χ3n) is 4.17. The fraction of sp³-hybridized carbons (Fsp3) is 0.786. The fourth-order valence-electron chi connectivity index (χ4n) is 3.17. The summed E-state index contributed by atoms with van der Waals surface area (Å²) in [6, 6.07) is 0. The second-order valence-electron chi connectivity index (χ2n) is 5.60. The maximum atomic E-state index is 9.98. The molecule has 0 bridgehead atoms. The van der Waals surface area contributed by atoms with Crippen molar-refractivity contribution in [2.45, 2.75) is 51.6 Å². The Morgan fingerprint density at radius 1 is 1.44 bits per heavy atom. The summed E-state index contributed by atoms with van der Waals surface area (Å²) in [5.74, 6) is 0.848. The molecular weight excluding hydrogens is 244 g/mol. The van der Waals surface area contributed by atoms with E-state index in [9.17, 15) is 5.11 Å². The molecular formula is C14H22N2OS. The van der Waals surface area contributed by atoms with E-state index >= 15 is 0 Å². The maximum absolute atomic E-state index is 9.98. The number of anilines is 1. The summed E-state index contributed by atoms with van der Waals surface area (Å²) in [5, 5.41) is 11.1. The van der Waals surface area contributed by atoms with Crippen molar-refractivity contribution < 1.29 is 5.11 Å². The van der Waals surface area contributed by atoms with Gasteiger partial charge in [0.2, 0.25) is 0 Å². The minimum Gasteiger partial charge on any atom is -0.387 e. The number of fused-ring (bicyclic) bond motifs is 1. The van der Waals surface area contributed by atoms with Gasteiger partial charge in [0.25, 0.3) is 0 Å². The van der Waals surface area contributed by atoms with Crippen LogP contribution in [0.15, 0.2) is 0 Å². The van der Waals surface area contributed by atoms with E-state index in [0.29, 0.717) is 0 Å². The first-order valence-corrected chi connectivity index (χ1v) is 8.02. The predicted octanol–water partition coefficient (Wildman–Crippen LogP) is 3.14. The van der Waals surface area contributed by atoms with Gasteiger partial charge in [-0.3, -0.25) is 0 Å². The van der Waals surface area contributed by atoms with Gasteiger partial charge < -0.3 is 10.0 Å². The second-order valence-corrected chi connectivity index (χ2v) is 6.66. The molecule has 0 amide bonds. The zero-order valence-electron chi connectivity index (χ0n) is 11.1. The Balaban J connectivity index is 1.74. The molecule has 0 saturated carbocycles. The van der Waals surface area contributed by atoms with E-state index in [1.54, 1.807) is 0 Å². The first-order chi connectivity index (χ1) is 8.78. The standard InChI is InChI=1S/C14H22N2OS/c1-2-4-10-7-8-16(9-10)14-15-13-11(17)5-3-6-12(13)18-14/h10-11,17H,2-9H2,1H3. The number of aromatic nitrogens is 1. The number of hydrogen-bond acceptors (Lipinski definition) is 4. The summed E-state index contributed by atoms with van der Waals surface area (Å²) < 4.78 is 0. The molecule has 18 heavy (non-hydrogen) atoms. The molecule has 1 aliphatic carbocycles. The Bertz CT molecular complexity index is 418. The molecule has 1 aromatic rings. The molecule has 0 spiro atoms. The van der Waals surface area contributed by atoms with Gasteiger partial charge in [-0.15, -0.1) is 11.3 Å².